The molecule has 2 saturated heterocycles. The fourth-order valence-electron chi connectivity index (χ4n) is 3.65. The summed E-state index contributed by atoms with van der Waals surface area (Å²) in [5.74, 6) is -0.123. The molecule has 2 bridgehead atoms. The Kier molecular flexibility index (Phi) is 5.04. The molecule has 2 unspecified atom stereocenters. The molecule has 24 heavy (non-hydrogen) atoms. The summed E-state index contributed by atoms with van der Waals surface area (Å²) in [6.07, 6.45) is 4.35. The highest BCUT2D eigenvalue weighted by molar-refractivity contribution is 6.03. The van der Waals surface area contributed by atoms with Crippen LogP contribution in [0.3, 0.4) is 0 Å². The molecule has 0 saturated carbocycles. The third kappa shape index (κ3) is 4.06. The van der Waals surface area contributed by atoms with Crippen LogP contribution in [0.2, 0.25) is 0 Å². The summed E-state index contributed by atoms with van der Waals surface area (Å²) in [5.41, 5.74) is 1.03. The number of hydrogen-bond donors (Lipinski definition) is 4. The molecule has 2 aliphatic heterocycles. The van der Waals surface area contributed by atoms with Gasteiger partial charge in [-0.3, -0.25) is 4.79 Å². The molecule has 3 rings (SSSR count). The van der Waals surface area contributed by atoms with E-state index in [2.05, 4.69) is 21.3 Å². The molecule has 6 nitrogen and oxygen atoms in total. The second-order valence-corrected chi connectivity index (χ2v) is 7.08. The summed E-state index contributed by atoms with van der Waals surface area (Å²) in [6.45, 7) is 3.78. The molecule has 0 spiro atoms. The van der Waals surface area contributed by atoms with Gasteiger partial charge in [-0.15, -0.1) is 0 Å². The molecule has 6 heteroatoms. The maximum atomic E-state index is 12.7. The van der Waals surface area contributed by atoms with Gasteiger partial charge in [0.05, 0.1) is 11.3 Å². The lowest BCUT2D eigenvalue weighted by atomic mass is 9.99. The number of carbonyl (C=O) groups excluding carboxylic acids is 2. The molecular formula is C18H26N4O2. The van der Waals surface area contributed by atoms with Crippen LogP contribution in [0.4, 0.5) is 10.5 Å². The number of carbonyl (C=O) groups is 2. The number of nitrogens with one attached hydrogen (secondary N) is 4. The Bertz CT molecular complexity index is 605. The van der Waals surface area contributed by atoms with E-state index in [0.717, 1.165) is 12.8 Å². The van der Waals surface area contributed by atoms with E-state index in [1.807, 2.05) is 26.0 Å². The van der Waals surface area contributed by atoms with Gasteiger partial charge in [0.15, 0.2) is 0 Å². The number of fused-ring (bicyclic) bond motifs is 2. The van der Waals surface area contributed by atoms with Gasteiger partial charge in [0.25, 0.3) is 5.91 Å². The van der Waals surface area contributed by atoms with Crippen molar-refractivity contribution in [2.45, 2.75) is 63.7 Å². The third-order valence-corrected chi connectivity index (χ3v) is 4.65. The topological polar surface area (TPSA) is 82.3 Å². The van der Waals surface area contributed by atoms with E-state index in [4.69, 9.17) is 0 Å². The number of anilines is 1. The Hall–Kier alpha value is -2.08. The first-order chi connectivity index (χ1) is 11.5. The number of benzene rings is 1. The van der Waals surface area contributed by atoms with Gasteiger partial charge in [-0.25, -0.2) is 4.79 Å². The average molecular weight is 330 g/mol. The lowest BCUT2D eigenvalue weighted by molar-refractivity contribution is 0.0925. The van der Waals surface area contributed by atoms with Crippen LogP contribution < -0.4 is 21.3 Å². The van der Waals surface area contributed by atoms with E-state index in [-0.39, 0.29) is 24.0 Å². The second-order valence-electron chi connectivity index (χ2n) is 7.08. The molecule has 2 atom stereocenters. The van der Waals surface area contributed by atoms with Crippen molar-refractivity contribution in [1.82, 2.24) is 16.0 Å². The van der Waals surface area contributed by atoms with Crippen LogP contribution in [0.15, 0.2) is 24.3 Å². The standard InChI is InChI=1S/C18H26N4O2/c1-11(2)19-18(24)22-16-6-4-3-5-15(16)17(23)21-14-9-12-7-8-13(10-14)20-12/h3-6,11-14,20H,7-10H2,1-2H3,(H,21,23)(H2,19,22,24). The molecule has 0 radical (unpaired) electrons. The highest BCUT2D eigenvalue weighted by atomic mass is 16.2. The summed E-state index contributed by atoms with van der Waals surface area (Å²) < 4.78 is 0. The highest BCUT2D eigenvalue weighted by Crippen LogP contribution is 2.27. The van der Waals surface area contributed by atoms with Gasteiger partial charge < -0.3 is 21.3 Å². The first-order valence-electron chi connectivity index (χ1n) is 8.74. The molecule has 4 N–H and O–H groups in total. The molecule has 1 aromatic carbocycles. The number of amides is 3. The number of rotatable bonds is 4. The van der Waals surface area contributed by atoms with Gasteiger partial charge in [-0.2, -0.15) is 0 Å². The monoisotopic (exact) mass is 330 g/mol. The predicted octanol–water partition coefficient (Wildman–Crippen LogP) is 2.23. The van der Waals surface area contributed by atoms with Crippen molar-refractivity contribution in [3.63, 3.8) is 0 Å². The number of piperidine rings is 1. The number of urea groups is 1. The molecule has 1 aromatic rings. The maximum Gasteiger partial charge on any atom is 0.319 e. The molecule has 3 amide bonds. The van der Waals surface area contributed by atoms with Crippen molar-refractivity contribution in [1.29, 1.82) is 0 Å². The van der Waals surface area contributed by atoms with E-state index < -0.39 is 0 Å². The van der Waals surface area contributed by atoms with Gasteiger partial charge in [0, 0.05) is 24.2 Å². The average Bonchev–Trinajstić information content (AvgIpc) is 2.85. The molecule has 2 fully saturated rings. The zero-order valence-corrected chi connectivity index (χ0v) is 14.3. The SMILES string of the molecule is CC(C)NC(=O)Nc1ccccc1C(=O)NC1CC2CCC(C1)N2. The lowest BCUT2D eigenvalue weighted by Gasteiger charge is -2.29. The van der Waals surface area contributed by atoms with E-state index in [9.17, 15) is 9.59 Å². The van der Waals surface area contributed by atoms with Crippen LogP contribution in [-0.4, -0.2) is 36.1 Å². The van der Waals surface area contributed by atoms with Crippen LogP contribution in [-0.2, 0) is 0 Å². The van der Waals surface area contributed by atoms with E-state index in [1.54, 1.807) is 12.1 Å². The first-order valence-corrected chi connectivity index (χ1v) is 8.74. The van der Waals surface area contributed by atoms with Gasteiger partial charge in [0.1, 0.15) is 0 Å². The van der Waals surface area contributed by atoms with Crippen molar-refractivity contribution >= 4 is 17.6 Å². The van der Waals surface area contributed by atoms with Crippen molar-refractivity contribution in [2.24, 2.45) is 0 Å². The van der Waals surface area contributed by atoms with Gasteiger partial charge >= 0.3 is 6.03 Å². The first kappa shape index (κ1) is 16.8. The number of para-hydroxylation sites is 1. The van der Waals surface area contributed by atoms with Crippen molar-refractivity contribution in [2.75, 3.05) is 5.32 Å². The zero-order chi connectivity index (χ0) is 17.1. The number of hydrogen-bond acceptors (Lipinski definition) is 3. The molecular weight excluding hydrogens is 304 g/mol. The minimum atomic E-state index is -0.301. The quantitative estimate of drug-likeness (QED) is 0.683. The Morgan fingerprint density at radius 1 is 1.12 bits per heavy atom. The fraction of sp³-hybridized carbons (Fsp3) is 0.556. The highest BCUT2D eigenvalue weighted by Gasteiger charge is 2.34. The fourth-order valence-corrected chi connectivity index (χ4v) is 3.65. The van der Waals surface area contributed by atoms with Crippen molar-refractivity contribution < 1.29 is 9.59 Å². The lowest BCUT2D eigenvalue weighted by Crippen LogP contribution is -2.48. The summed E-state index contributed by atoms with van der Waals surface area (Å²) in [5, 5.41) is 12.2. The molecule has 0 aliphatic carbocycles. The molecule has 0 aromatic heterocycles. The third-order valence-electron chi connectivity index (χ3n) is 4.65. The van der Waals surface area contributed by atoms with E-state index >= 15 is 0 Å². The van der Waals surface area contributed by atoms with Crippen LogP contribution in [0.1, 0.15) is 49.9 Å². The van der Waals surface area contributed by atoms with Gasteiger partial charge in [0.2, 0.25) is 0 Å². The molecule has 2 aliphatic rings. The Labute approximate surface area is 142 Å². The minimum Gasteiger partial charge on any atom is -0.349 e. The second kappa shape index (κ2) is 7.21. The Morgan fingerprint density at radius 3 is 2.46 bits per heavy atom. The normalized spacial score (nSPS) is 25.4. The van der Waals surface area contributed by atoms with Crippen LogP contribution in [0.25, 0.3) is 0 Å². The van der Waals surface area contributed by atoms with Crippen molar-refractivity contribution in [3.05, 3.63) is 29.8 Å². The van der Waals surface area contributed by atoms with Crippen molar-refractivity contribution in [3.8, 4) is 0 Å². The van der Waals surface area contributed by atoms with E-state index in [0.29, 0.717) is 23.3 Å². The minimum absolute atomic E-state index is 0.0382. The maximum absolute atomic E-state index is 12.7. The van der Waals surface area contributed by atoms with E-state index in [1.165, 1.54) is 12.8 Å². The molecule has 2 heterocycles. The molecule has 130 valence electrons. The smallest absolute Gasteiger partial charge is 0.319 e. The van der Waals surface area contributed by atoms with Gasteiger partial charge in [-0.05, 0) is 51.7 Å². The van der Waals surface area contributed by atoms with Crippen LogP contribution in [0, 0.1) is 0 Å². The zero-order valence-electron chi connectivity index (χ0n) is 14.3. The Balaban J connectivity index is 1.65. The summed E-state index contributed by atoms with van der Waals surface area (Å²) in [6, 6.07) is 8.12. The summed E-state index contributed by atoms with van der Waals surface area (Å²) in [4.78, 5) is 24.6. The predicted molar refractivity (Wildman–Crippen MR) is 94.2 cm³/mol. The van der Waals surface area contributed by atoms with Gasteiger partial charge in [-0.1, -0.05) is 12.1 Å². The van der Waals surface area contributed by atoms with Crippen LogP contribution >= 0.6 is 0 Å². The van der Waals surface area contributed by atoms with Crippen LogP contribution in [0.5, 0.6) is 0 Å². The largest absolute Gasteiger partial charge is 0.349 e. The Morgan fingerprint density at radius 2 is 1.79 bits per heavy atom. The summed E-state index contributed by atoms with van der Waals surface area (Å²) in [7, 11) is 0. The summed E-state index contributed by atoms with van der Waals surface area (Å²) >= 11 is 0.